The molecule has 4 heteroatoms. The minimum Gasteiger partial charge on any atom is -0.460 e. The quantitative estimate of drug-likeness (QED) is 0.563. The van der Waals surface area contributed by atoms with Crippen LogP contribution in [0.4, 0.5) is 0 Å². The lowest BCUT2D eigenvalue weighted by Gasteiger charge is -2.03. The lowest BCUT2D eigenvalue weighted by atomic mass is 10.1. The molecule has 0 unspecified atom stereocenters. The summed E-state index contributed by atoms with van der Waals surface area (Å²) in [6.07, 6.45) is 3.98. The number of allylic oxidation sites excluding steroid dienone is 1. The Kier molecular flexibility index (Phi) is 2.81. The number of pyridine rings is 1. The van der Waals surface area contributed by atoms with Gasteiger partial charge in [0.2, 0.25) is 0 Å². The van der Waals surface area contributed by atoms with E-state index in [0.29, 0.717) is 12.0 Å². The molecule has 0 saturated carbocycles. The summed E-state index contributed by atoms with van der Waals surface area (Å²) in [5, 5.41) is 0. The molecule has 0 saturated heterocycles. The molecule has 16 heavy (non-hydrogen) atoms. The van der Waals surface area contributed by atoms with Crippen LogP contribution in [-0.4, -0.2) is 23.3 Å². The Hall–Kier alpha value is -1.97. The highest BCUT2D eigenvalue weighted by Gasteiger charge is 2.26. The molecular weight excluding hydrogens is 206 g/mol. The summed E-state index contributed by atoms with van der Waals surface area (Å²) in [6, 6.07) is 3.54. The smallest absolute Gasteiger partial charge is 0.379 e. The van der Waals surface area contributed by atoms with Crippen molar-refractivity contribution in [1.29, 1.82) is 0 Å². The van der Waals surface area contributed by atoms with E-state index in [9.17, 15) is 9.59 Å². The summed E-state index contributed by atoms with van der Waals surface area (Å²) >= 11 is 0. The van der Waals surface area contributed by atoms with Gasteiger partial charge in [-0.25, -0.2) is 4.79 Å². The van der Waals surface area contributed by atoms with Crippen molar-refractivity contribution in [2.75, 3.05) is 6.61 Å². The van der Waals surface area contributed by atoms with Gasteiger partial charge >= 0.3 is 5.97 Å². The van der Waals surface area contributed by atoms with Crippen LogP contribution in [0.15, 0.2) is 24.4 Å². The largest absolute Gasteiger partial charge is 0.460 e. The van der Waals surface area contributed by atoms with E-state index in [2.05, 4.69) is 9.72 Å². The number of carbonyl (C=O) groups is 2. The first-order valence-corrected chi connectivity index (χ1v) is 5.10. The zero-order chi connectivity index (χ0) is 11.5. The number of ketones is 1. The van der Waals surface area contributed by atoms with Gasteiger partial charge in [-0.3, -0.25) is 9.78 Å². The number of ether oxygens (including phenoxy) is 1. The number of carbonyl (C=O) groups excluding carboxylic acids is 2. The summed E-state index contributed by atoms with van der Waals surface area (Å²) in [7, 11) is 0. The molecule has 0 bridgehead atoms. The zero-order valence-corrected chi connectivity index (χ0v) is 8.90. The molecule has 82 valence electrons. The van der Waals surface area contributed by atoms with E-state index in [0.717, 1.165) is 11.3 Å². The first-order valence-electron chi connectivity index (χ1n) is 5.10. The molecule has 0 atom stereocenters. The van der Waals surface area contributed by atoms with Crippen LogP contribution >= 0.6 is 0 Å². The highest BCUT2D eigenvalue weighted by atomic mass is 16.5. The molecule has 0 radical (unpaired) electrons. The Labute approximate surface area is 92.9 Å². The molecule has 1 aromatic heterocycles. The molecule has 2 rings (SSSR count). The standard InChI is InChI=1S/C12H11NO3/c1-2-16-12(15)11(14)9-5-6-10-8(9)4-3-7-13-10/h3-5,7H,2,6H2,1H3. The lowest BCUT2D eigenvalue weighted by molar-refractivity contribution is -0.150. The van der Waals surface area contributed by atoms with Crippen LogP contribution < -0.4 is 0 Å². The Bertz CT molecular complexity index is 477. The highest BCUT2D eigenvalue weighted by Crippen LogP contribution is 2.26. The van der Waals surface area contributed by atoms with E-state index in [1.54, 1.807) is 31.3 Å². The second kappa shape index (κ2) is 4.26. The van der Waals surface area contributed by atoms with Crippen molar-refractivity contribution in [2.24, 2.45) is 0 Å². The Morgan fingerprint density at radius 3 is 3.06 bits per heavy atom. The van der Waals surface area contributed by atoms with Crippen LogP contribution in [0.5, 0.6) is 0 Å². The lowest BCUT2D eigenvalue weighted by Crippen LogP contribution is -2.18. The number of hydrogen-bond donors (Lipinski definition) is 0. The number of nitrogens with zero attached hydrogens (tertiary/aromatic N) is 1. The predicted octanol–water partition coefficient (Wildman–Crippen LogP) is 1.15. The van der Waals surface area contributed by atoms with Crippen LogP contribution in [0.25, 0.3) is 5.57 Å². The Morgan fingerprint density at radius 1 is 1.50 bits per heavy atom. The molecule has 0 aliphatic heterocycles. The van der Waals surface area contributed by atoms with Gasteiger partial charge in [-0.1, -0.05) is 12.1 Å². The molecular formula is C12H11NO3. The van der Waals surface area contributed by atoms with Gasteiger partial charge in [0.05, 0.1) is 12.3 Å². The van der Waals surface area contributed by atoms with Crippen molar-refractivity contribution in [3.63, 3.8) is 0 Å². The van der Waals surface area contributed by atoms with Crippen molar-refractivity contribution in [1.82, 2.24) is 4.98 Å². The molecule has 1 aliphatic rings. The van der Waals surface area contributed by atoms with E-state index in [-0.39, 0.29) is 6.61 Å². The van der Waals surface area contributed by atoms with Crippen LogP contribution in [-0.2, 0) is 20.7 Å². The first-order chi connectivity index (χ1) is 7.74. The SMILES string of the molecule is CCOC(=O)C(=O)C1=CCc2ncccc21. The number of esters is 1. The third kappa shape index (κ3) is 1.74. The molecule has 0 amide bonds. The number of hydrogen-bond acceptors (Lipinski definition) is 4. The second-order valence-electron chi connectivity index (χ2n) is 3.37. The fourth-order valence-corrected chi connectivity index (χ4v) is 1.68. The van der Waals surface area contributed by atoms with Crippen LogP contribution in [0, 0.1) is 0 Å². The number of rotatable bonds is 3. The van der Waals surface area contributed by atoms with Gasteiger partial charge in [0, 0.05) is 23.8 Å². The van der Waals surface area contributed by atoms with E-state index >= 15 is 0 Å². The minimum absolute atomic E-state index is 0.206. The van der Waals surface area contributed by atoms with Gasteiger partial charge in [-0.05, 0) is 13.0 Å². The molecule has 1 aromatic rings. The van der Waals surface area contributed by atoms with Crippen molar-refractivity contribution in [3.8, 4) is 0 Å². The van der Waals surface area contributed by atoms with E-state index < -0.39 is 11.8 Å². The maximum absolute atomic E-state index is 11.7. The Morgan fingerprint density at radius 2 is 2.31 bits per heavy atom. The summed E-state index contributed by atoms with van der Waals surface area (Å²) in [4.78, 5) is 27.2. The van der Waals surface area contributed by atoms with E-state index in [1.165, 1.54) is 0 Å². The molecule has 0 N–H and O–H groups in total. The maximum atomic E-state index is 11.7. The molecule has 1 aliphatic carbocycles. The molecule has 4 nitrogen and oxygen atoms in total. The van der Waals surface area contributed by atoms with Gasteiger partial charge in [-0.15, -0.1) is 0 Å². The van der Waals surface area contributed by atoms with Gasteiger partial charge in [0.15, 0.2) is 0 Å². The normalized spacial score (nSPS) is 12.9. The van der Waals surface area contributed by atoms with Crippen molar-refractivity contribution in [2.45, 2.75) is 13.3 Å². The highest BCUT2D eigenvalue weighted by molar-refractivity contribution is 6.52. The Balaban J connectivity index is 2.25. The number of Topliss-reactive ketones (excluding diaryl/α,β-unsaturated/α-hetero) is 1. The van der Waals surface area contributed by atoms with E-state index in [4.69, 9.17) is 0 Å². The summed E-state index contributed by atoms with van der Waals surface area (Å²) in [6.45, 7) is 1.88. The fourth-order valence-electron chi connectivity index (χ4n) is 1.68. The molecule has 0 spiro atoms. The number of aromatic nitrogens is 1. The topological polar surface area (TPSA) is 56.3 Å². The predicted molar refractivity (Wildman–Crippen MR) is 57.6 cm³/mol. The fraction of sp³-hybridized carbons (Fsp3) is 0.250. The zero-order valence-electron chi connectivity index (χ0n) is 8.90. The van der Waals surface area contributed by atoms with Crippen LogP contribution in [0.3, 0.4) is 0 Å². The molecule has 0 aromatic carbocycles. The van der Waals surface area contributed by atoms with Gasteiger partial charge < -0.3 is 4.74 Å². The molecule has 0 fully saturated rings. The monoisotopic (exact) mass is 217 g/mol. The van der Waals surface area contributed by atoms with Crippen LogP contribution in [0.1, 0.15) is 18.2 Å². The van der Waals surface area contributed by atoms with Gasteiger partial charge in [-0.2, -0.15) is 0 Å². The average molecular weight is 217 g/mol. The average Bonchev–Trinajstić information content (AvgIpc) is 2.72. The first kappa shape index (κ1) is 10.5. The van der Waals surface area contributed by atoms with Gasteiger partial charge in [0.25, 0.3) is 5.78 Å². The van der Waals surface area contributed by atoms with Crippen molar-refractivity contribution in [3.05, 3.63) is 35.7 Å². The second-order valence-corrected chi connectivity index (χ2v) is 3.37. The summed E-state index contributed by atoms with van der Waals surface area (Å²) < 4.78 is 4.68. The molecule has 1 heterocycles. The van der Waals surface area contributed by atoms with Crippen molar-refractivity contribution < 1.29 is 14.3 Å². The number of fused-ring (bicyclic) bond motifs is 1. The third-order valence-electron chi connectivity index (χ3n) is 2.39. The van der Waals surface area contributed by atoms with Crippen molar-refractivity contribution >= 4 is 17.3 Å². The summed E-state index contributed by atoms with van der Waals surface area (Å²) in [5.41, 5.74) is 1.97. The minimum atomic E-state index is -0.801. The summed E-state index contributed by atoms with van der Waals surface area (Å²) in [5.74, 6) is -1.39. The van der Waals surface area contributed by atoms with E-state index in [1.807, 2.05) is 0 Å². The maximum Gasteiger partial charge on any atom is 0.379 e. The third-order valence-corrected chi connectivity index (χ3v) is 2.39. The van der Waals surface area contributed by atoms with Gasteiger partial charge in [0.1, 0.15) is 0 Å². The van der Waals surface area contributed by atoms with Crippen LogP contribution in [0.2, 0.25) is 0 Å².